The largest absolute Gasteiger partial charge is 0.451 e. The summed E-state index contributed by atoms with van der Waals surface area (Å²) >= 11 is 6.92. The van der Waals surface area contributed by atoms with E-state index >= 15 is 0 Å². The topological polar surface area (TPSA) is 45.6 Å². The van der Waals surface area contributed by atoms with Gasteiger partial charge in [0.15, 0.2) is 4.67 Å². The molecule has 0 radical (unpaired) electrons. The Hall–Kier alpha value is 0.120. The van der Waals surface area contributed by atoms with E-state index in [1.807, 2.05) is 6.07 Å². The Morgan fingerprint density at radius 1 is 1.38 bits per heavy atom. The fourth-order valence-corrected chi connectivity index (χ4v) is 4.54. The quantitative estimate of drug-likeness (QED) is 0.815. The Morgan fingerprint density at radius 3 is 2.86 bits per heavy atom. The number of rotatable bonds is 3. The lowest BCUT2D eigenvalue weighted by molar-refractivity contribution is 0.0170. The van der Waals surface area contributed by atoms with Crippen LogP contribution in [0, 0.1) is 5.92 Å². The SMILES string of the molecule is CN1CCCC2CN(C(CN)c3cc(Br)c(Br)o3)CCC21. The van der Waals surface area contributed by atoms with Crippen LogP contribution in [0.5, 0.6) is 0 Å². The molecule has 118 valence electrons. The van der Waals surface area contributed by atoms with Crippen molar-refractivity contribution in [2.24, 2.45) is 11.7 Å². The van der Waals surface area contributed by atoms with Crippen molar-refractivity contribution < 1.29 is 4.42 Å². The molecule has 2 N–H and O–H groups in total. The Morgan fingerprint density at radius 2 is 2.19 bits per heavy atom. The summed E-state index contributed by atoms with van der Waals surface area (Å²) in [7, 11) is 2.27. The Balaban J connectivity index is 1.73. The predicted molar refractivity (Wildman–Crippen MR) is 91.2 cm³/mol. The smallest absolute Gasteiger partial charge is 0.183 e. The molecule has 2 aliphatic rings. The van der Waals surface area contributed by atoms with Crippen molar-refractivity contribution in [3.05, 3.63) is 21.0 Å². The Bertz CT molecular complexity index is 474. The second-order valence-corrected chi connectivity index (χ2v) is 7.83. The maximum atomic E-state index is 6.05. The third kappa shape index (κ3) is 3.24. The van der Waals surface area contributed by atoms with Gasteiger partial charge in [-0.25, -0.2) is 0 Å². The highest BCUT2D eigenvalue weighted by atomic mass is 79.9. The first-order valence-electron chi connectivity index (χ1n) is 7.69. The van der Waals surface area contributed by atoms with E-state index in [0.29, 0.717) is 6.54 Å². The second-order valence-electron chi connectivity index (χ2n) is 6.26. The van der Waals surface area contributed by atoms with Gasteiger partial charge in [0.25, 0.3) is 0 Å². The van der Waals surface area contributed by atoms with Crippen molar-refractivity contribution in [2.75, 3.05) is 33.2 Å². The molecule has 3 atom stereocenters. The molecule has 2 saturated heterocycles. The van der Waals surface area contributed by atoms with E-state index in [-0.39, 0.29) is 6.04 Å². The number of fused-ring (bicyclic) bond motifs is 1. The molecule has 0 aliphatic carbocycles. The number of hydrogen-bond acceptors (Lipinski definition) is 4. The van der Waals surface area contributed by atoms with Gasteiger partial charge in [0.1, 0.15) is 5.76 Å². The van der Waals surface area contributed by atoms with Gasteiger partial charge in [-0.05, 0) is 76.7 Å². The number of furan rings is 1. The minimum absolute atomic E-state index is 0.181. The van der Waals surface area contributed by atoms with Gasteiger partial charge >= 0.3 is 0 Å². The molecule has 3 unspecified atom stereocenters. The number of halogens is 2. The molecule has 0 aromatic carbocycles. The zero-order chi connectivity index (χ0) is 15.0. The standard InChI is InChI=1S/C15H23Br2N3O/c1-19-5-2-3-10-9-20(6-4-12(10)19)13(8-18)14-7-11(16)15(17)21-14/h7,10,12-13H,2-6,8-9,18H2,1H3. The first kappa shape index (κ1) is 16.0. The third-order valence-electron chi connectivity index (χ3n) is 5.03. The second kappa shape index (κ2) is 6.71. The van der Waals surface area contributed by atoms with Crippen molar-refractivity contribution in [3.63, 3.8) is 0 Å². The summed E-state index contributed by atoms with van der Waals surface area (Å²) < 4.78 is 7.53. The van der Waals surface area contributed by atoms with Crippen molar-refractivity contribution in [1.82, 2.24) is 9.80 Å². The summed E-state index contributed by atoms with van der Waals surface area (Å²) in [6.45, 7) is 4.08. The third-order valence-corrected chi connectivity index (χ3v) is 6.74. The van der Waals surface area contributed by atoms with Crippen LogP contribution in [-0.2, 0) is 0 Å². The van der Waals surface area contributed by atoms with E-state index in [9.17, 15) is 0 Å². The van der Waals surface area contributed by atoms with Gasteiger partial charge in [0, 0.05) is 25.7 Å². The van der Waals surface area contributed by atoms with Crippen LogP contribution in [0.25, 0.3) is 0 Å². The number of nitrogens with two attached hydrogens (primary N) is 1. The van der Waals surface area contributed by atoms with Crippen LogP contribution >= 0.6 is 31.9 Å². The Labute approximate surface area is 143 Å². The number of likely N-dealkylation sites (tertiary alicyclic amines) is 2. The molecule has 0 bridgehead atoms. The maximum Gasteiger partial charge on any atom is 0.183 e. The lowest BCUT2D eigenvalue weighted by Crippen LogP contribution is -2.53. The lowest BCUT2D eigenvalue weighted by Gasteiger charge is -2.47. The maximum absolute atomic E-state index is 6.05. The average Bonchev–Trinajstić information content (AvgIpc) is 2.79. The fourth-order valence-electron chi connectivity index (χ4n) is 3.94. The molecular formula is C15H23Br2N3O. The first-order chi connectivity index (χ1) is 10.1. The van der Waals surface area contributed by atoms with Crippen LogP contribution in [0.15, 0.2) is 19.6 Å². The molecule has 0 saturated carbocycles. The molecule has 0 spiro atoms. The minimum Gasteiger partial charge on any atom is -0.451 e. The van der Waals surface area contributed by atoms with E-state index < -0.39 is 0 Å². The normalized spacial score (nSPS) is 29.3. The van der Waals surface area contributed by atoms with Crippen LogP contribution in [0.4, 0.5) is 0 Å². The van der Waals surface area contributed by atoms with Gasteiger partial charge in [-0.15, -0.1) is 0 Å². The lowest BCUT2D eigenvalue weighted by atomic mass is 9.83. The molecule has 4 nitrogen and oxygen atoms in total. The van der Waals surface area contributed by atoms with Crippen LogP contribution < -0.4 is 5.73 Å². The van der Waals surface area contributed by atoms with E-state index in [4.69, 9.17) is 10.2 Å². The zero-order valence-corrected chi connectivity index (χ0v) is 15.6. The van der Waals surface area contributed by atoms with Crippen molar-refractivity contribution in [1.29, 1.82) is 0 Å². The van der Waals surface area contributed by atoms with E-state index in [2.05, 4.69) is 48.7 Å². The van der Waals surface area contributed by atoms with Crippen LogP contribution in [0.1, 0.15) is 31.1 Å². The van der Waals surface area contributed by atoms with Gasteiger partial charge in [0.05, 0.1) is 10.5 Å². The molecule has 0 amide bonds. The molecular weight excluding hydrogens is 398 g/mol. The van der Waals surface area contributed by atoms with Gasteiger partial charge in [-0.2, -0.15) is 0 Å². The summed E-state index contributed by atoms with van der Waals surface area (Å²) in [5.41, 5.74) is 6.05. The highest BCUT2D eigenvalue weighted by Crippen LogP contribution is 2.36. The molecule has 2 aliphatic heterocycles. The predicted octanol–water partition coefficient (Wildman–Crippen LogP) is 3.22. The number of nitrogens with zero attached hydrogens (tertiary/aromatic N) is 2. The zero-order valence-electron chi connectivity index (χ0n) is 12.4. The van der Waals surface area contributed by atoms with E-state index in [1.54, 1.807) is 0 Å². The summed E-state index contributed by atoms with van der Waals surface area (Å²) in [5, 5.41) is 0. The summed E-state index contributed by atoms with van der Waals surface area (Å²) in [4.78, 5) is 5.06. The van der Waals surface area contributed by atoms with Crippen LogP contribution in [0.2, 0.25) is 0 Å². The molecule has 1 aromatic rings. The van der Waals surface area contributed by atoms with Gasteiger partial charge < -0.3 is 15.1 Å². The van der Waals surface area contributed by atoms with Gasteiger partial charge in [-0.1, -0.05) is 0 Å². The summed E-state index contributed by atoms with van der Waals surface area (Å²) in [6, 6.07) is 2.98. The number of hydrogen-bond donors (Lipinski definition) is 1. The molecule has 3 heterocycles. The fraction of sp³-hybridized carbons (Fsp3) is 0.733. The molecule has 1 aromatic heterocycles. The molecule has 21 heavy (non-hydrogen) atoms. The van der Waals surface area contributed by atoms with E-state index in [1.165, 1.54) is 25.8 Å². The Kier molecular flexibility index (Phi) is 5.11. The minimum atomic E-state index is 0.181. The molecule has 3 rings (SSSR count). The monoisotopic (exact) mass is 419 g/mol. The van der Waals surface area contributed by atoms with Crippen molar-refractivity contribution in [2.45, 2.75) is 31.3 Å². The molecule has 6 heteroatoms. The van der Waals surface area contributed by atoms with Gasteiger partial charge in [-0.3, -0.25) is 4.90 Å². The van der Waals surface area contributed by atoms with Crippen molar-refractivity contribution in [3.8, 4) is 0 Å². The first-order valence-corrected chi connectivity index (χ1v) is 9.28. The van der Waals surface area contributed by atoms with Crippen LogP contribution in [0.3, 0.4) is 0 Å². The summed E-state index contributed by atoms with van der Waals surface area (Å²) in [5.74, 6) is 1.73. The molecule has 2 fully saturated rings. The highest BCUT2D eigenvalue weighted by Gasteiger charge is 2.37. The number of piperidine rings is 2. The van der Waals surface area contributed by atoms with Crippen LogP contribution in [-0.4, -0.2) is 49.1 Å². The van der Waals surface area contributed by atoms with Crippen molar-refractivity contribution >= 4 is 31.9 Å². The van der Waals surface area contributed by atoms with E-state index in [0.717, 1.165) is 40.0 Å². The highest BCUT2D eigenvalue weighted by molar-refractivity contribution is 9.13. The summed E-state index contributed by atoms with van der Waals surface area (Å²) in [6.07, 6.45) is 3.89. The average molecular weight is 421 g/mol. The van der Waals surface area contributed by atoms with Gasteiger partial charge in [0.2, 0.25) is 0 Å².